The Morgan fingerprint density at radius 1 is 1.16 bits per heavy atom. The number of aromatic nitrogens is 6. The second-order valence-electron chi connectivity index (χ2n) is 7.64. The van der Waals surface area contributed by atoms with E-state index in [0.717, 1.165) is 67.0 Å². The topological polar surface area (TPSA) is 104 Å². The second kappa shape index (κ2) is 8.72. The predicted molar refractivity (Wildman–Crippen MR) is 118 cm³/mol. The first-order valence-corrected chi connectivity index (χ1v) is 11.5. The summed E-state index contributed by atoms with van der Waals surface area (Å²) in [6.07, 6.45) is 7.10. The third kappa shape index (κ3) is 4.05. The zero-order chi connectivity index (χ0) is 21.2. The number of nitrogens with one attached hydrogen (secondary N) is 1. The Hall–Kier alpha value is -2.85. The summed E-state index contributed by atoms with van der Waals surface area (Å²) in [7, 11) is 0. The Bertz CT molecular complexity index is 1180. The number of ether oxygens (including phenoxy) is 1. The smallest absolute Gasteiger partial charge is 0.251 e. The van der Waals surface area contributed by atoms with Crippen LogP contribution < -0.4 is 5.32 Å². The van der Waals surface area contributed by atoms with Gasteiger partial charge in [-0.3, -0.25) is 0 Å². The lowest BCUT2D eigenvalue weighted by molar-refractivity contribution is 0.0905. The lowest BCUT2D eigenvalue weighted by atomic mass is 10.1. The third-order valence-corrected chi connectivity index (χ3v) is 6.64. The lowest BCUT2D eigenvalue weighted by Crippen LogP contribution is -2.28. The molecule has 5 rings (SSSR count). The van der Waals surface area contributed by atoms with Crippen LogP contribution in [0.15, 0.2) is 22.3 Å². The van der Waals surface area contributed by atoms with E-state index in [0.29, 0.717) is 24.2 Å². The Morgan fingerprint density at radius 3 is 2.81 bits per heavy atom. The summed E-state index contributed by atoms with van der Waals surface area (Å²) in [5.74, 6) is 1.09. The van der Waals surface area contributed by atoms with Crippen LogP contribution in [-0.2, 0) is 24.1 Å². The van der Waals surface area contributed by atoms with Gasteiger partial charge in [0, 0.05) is 43.3 Å². The highest BCUT2D eigenvalue weighted by Crippen LogP contribution is 2.34. The summed E-state index contributed by atoms with van der Waals surface area (Å²) < 4.78 is 13.5. The molecule has 10 heteroatoms. The highest BCUT2D eigenvalue weighted by Gasteiger charge is 2.22. The molecule has 1 aliphatic rings. The molecule has 1 saturated heterocycles. The van der Waals surface area contributed by atoms with Gasteiger partial charge in [-0.05, 0) is 33.1 Å². The van der Waals surface area contributed by atoms with Crippen molar-refractivity contribution in [2.24, 2.45) is 0 Å². The van der Waals surface area contributed by atoms with E-state index < -0.39 is 0 Å². The normalized spacial score (nSPS) is 15.0. The van der Waals surface area contributed by atoms with Gasteiger partial charge in [0.1, 0.15) is 0 Å². The van der Waals surface area contributed by atoms with Gasteiger partial charge in [0.05, 0.1) is 34.0 Å². The van der Waals surface area contributed by atoms with Crippen molar-refractivity contribution >= 4 is 28.1 Å². The maximum Gasteiger partial charge on any atom is 0.251 e. The molecule has 1 aliphatic heterocycles. The zero-order valence-corrected chi connectivity index (χ0v) is 18.5. The number of thiazole rings is 1. The van der Waals surface area contributed by atoms with Gasteiger partial charge in [0.2, 0.25) is 5.89 Å². The molecule has 0 amide bonds. The number of hydrogen-bond acceptors (Lipinski definition) is 9. The maximum atomic E-state index is 6.05. The molecule has 0 aromatic carbocycles. The number of fused-ring (bicyclic) bond motifs is 1. The maximum absolute atomic E-state index is 6.05. The second-order valence-corrected chi connectivity index (χ2v) is 8.58. The molecular formula is C21H25N7O2S. The van der Waals surface area contributed by atoms with E-state index in [-0.39, 0.29) is 0 Å². The largest absolute Gasteiger partial charge is 0.421 e. The van der Waals surface area contributed by atoms with Crippen LogP contribution in [0.25, 0.3) is 22.5 Å². The number of aryl methyl sites for hydroxylation is 4. The van der Waals surface area contributed by atoms with E-state index in [1.165, 1.54) is 4.88 Å². The molecule has 31 heavy (non-hydrogen) atoms. The first-order valence-electron chi connectivity index (χ1n) is 10.6. The van der Waals surface area contributed by atoms with Gasteiger partial charge in [-0.1, -0.05) is 0 Å². The van der Waals surface area contributed by atoms with Crippen molar-refractivity contribution in [1.29, 1.82) is 0 Å². The first-order chi connectivity index (χ1) is 15.2. The Balaban J connectivity index is 1.46. The summed E-state index contributed by atoms with van der Waals surface area (Å²) in [6, 6.07) is 0.319. The van der Waals surface area contributed by atoms with E-state index in [1.807, 2.05) is 29.5 Å². The standard InChI is InChI=1S/C21H25N7O2S/c1-3-28-20-15(11-24-28)19(25-14-6-8-29-9-7-14)16(10-22-20)21-27-26-18(30-21)5-4-17-13(2)23-12-31-17/h10-12,14H,3-9H2,1-2H3,(H,22,25). The summed E-state index contributed by atoms with van der Waals surface area (Å²) in [4.78, 5) is 10.2. The van der Waals surface area contributed by atoms with Crippen molar-refractivity contribution in [1.82, 2.24) is 29.9 Å². The van der Waals surface area contributed by atoms with Gasteiger partial charge in [-0.2, -0.15) is 5.10 Å². The number of rotatable bonds is 7. The third-order valence-electron chi connectivity index (χ3n) is 5.64. The van der Waals surface area contributed by atoms with Crippen LogP contribution in [0.2, 0.25) is 0 Å². The van der Waals surface area contributed by atoms with E-state index in [1.54, 1.807) is 11.3 Å². The molecular weight excluding hydrogens is 414 g/mol. The van der Waals surface area contributed by atoms with Gasteiger partial charge >= 0.3 is 0 Å². The van der Waals surface area contributed by atoms with Crippen LogP contribution in [0.3, 0.4) is 0 Å². The molecule has 1 N–H and O–H groups in total. The number of anilines is 1. The van der Waals surface area contributed by atoms with Gasteiger partial charge in [-0.25, -0.2) is 14.6 Å². The average molecular weight is 440 g/mol. The number of hydrogen-bond donors (Lipinski definition) is 1. The molecule has 0 radical (unpaired) electrons. The fourth-order valence-electron chi connectivity index (χ4n) is 3.87. The average Bonchev–Trinajstić information content (AvgIpc) is 3.53. The molecule has 162 valence electrons. The van der Waals surface area contributed by atoms with Crippen LogP contribution in [0, 0.1) is 6.92 Å². The molecule has 1 fully saturated rings. The quantitative estimate of drug-likeness (QED) is 0.465. The predicted octanol–water partition coefficient (Wildman–Crippen LogP) is 3.64. The van der Waals surface area contributed by atoms with Crippen molar-refractivity contribution in [3.05, 3.63) is 34.4 Å². The van der Waals surface area contributed by atoms with E-state index in [9.17, 15) is 0 Å². The minimum atomic E-state index is 0.319. The summed E-state index contributed by atoms with van der Waals surface area (Å²) >= 11 is 1.66. The van der Waals surface area contributed by atoms with Gasteiger partial charge in [0.25, 0.3) is 5.89 Å². The molecule has 0 bridgehead atoms. The fraction of sp³-hybridized carbons (Fsp3) is 0.476. The molecule has 0 saturated carbocycles. The molecule has 9 nitrogen and oxygen atoms in total. The Morgan fingerprint density at radius 2 is 2.03 bits per heavy atom. The van der Waals surface area contributed by atoms with Crippen LogP contribution in [0.1, 0.15) is 36.2 Å². The number of nitrogens with zero attached hydrogens (tertiary/aromatic N) is 6. The fourth-order valence-corrected chi connectivity index (χ4v) is 4.65. The molecule has 4 aromatic heterocycles. The Labute approximate surface area is 183 Å². The monoisotopic (exact) mass is 439 g/mol. The molecule has 0 atom stereocenters. The minimum Gasteiger partial charge on any atom is -0.421 e. The van der Waals surface area contributed by atoms with Gasteiger partial charge in [-0.15, -0.1) is 21.5 Å². The van der Waals surface area contributed by atoms with Crippen LogP contribution >= 0.6 is 11.3 Å². The van der Waals surface area contributed by atoms with Crippen molar-refractivity contribution in [2.75, 3.05) is 18.5 Å². The van der Waals surface area contributed by atoms with Crippen molar-refractivity contribution in [3.8, 4) is 11.5 Å². The Kier molecular flexibility index (Phi) is 5.65. The highest BCUT2D eigenvalue weighted by atomic mass is 32.1. The lowest BCUT2D eigenvalue weighted by Gasteiger charge is -2.25. The van der Waals surface area contributed by atoms with Crippen molar-refractivity contribution in [3.63, 3.8) is 0 Å². The van der Waals surface area contributed by atoms with Crippen LogP contribution in [0.5, 0.6) is 0 Å². The van der Waals surface area contributed by atoms with Crippen molar-refractivity contribution in [2.45, 2.75) is 52.1 Å². The molecule has 5 heterocycles. The summed E-state index contributed by atoms with van der Waals surface area (Å²) in [5.41, 5.74) is 5.54. The van der Waals surface area contributed by atoms with Crippen LogP contribution in [0.4, 0.5) is 5.69 Å². The molecule has 0 unspecified atom stereocenters. The van der Waals surface area contributed by atoms with E-state index in [4.69, 9.17) is 9.15 Å². The molecule has 4 aromatic rings. The van der Waals surface area contributed by atoms with E-state index in [2.05, 4.69) is 37.5 Å². The van der Waals surface area contributed by atoms with Gasteiger partial charge < -0.3 is 14.5 Å². The summed E-state index contributed by atoms with van der Waals surface area (Å²) in [6.45, 7) is 6.36. The van der Waals surface area contributed by atoms with Crippen molar-refractivity contribution < 1.29 is 9.15 Å². The molecule has 0 spiro atoms. The SMILES string of the molecule is CCn1ncc2c(NC3CCOCC3)c(-c3nnc(CCc4scnc4C)o3)cnc21. The van der Waals surface area contributed by atoms with Gasteiger partial charge in [0.15, 0.2) is 5.65 Å². The zero-order valence-electron chi connectivity index (χ0n) is 17.7. The van der Waals surface area contributed by atoms with E-state index >= 15 is 0 Å². The minimum absolute atomic E-state index is 0.319. The summed E-state index contributed by atoms with van der Waals surface area (Å²) in [5, 5.41) is 17.8. The first kappa shape index (κ1) is 20.1. The highest BCUT2D eigenvalue weighted by molar-refractivity contribution is 7.09. The molecule has 0 aliphatic carbocycles. The number of pyridine rings is 1. The van der Waals surface area contributed by atoms with Crippen LogP contribution in [-0.4, -0.2) is 49.2 Å².